The Labute approximate surface area is 197 Å². The molecule has 6 rings (SSSR count). The topological polar surface area (TPSA) is 80.8 Å². The van der Waals surface area contributed by atoms with Crippen molar-refractivity contribution in [2.24, 2.45) is 0 Å². The molecule has 0 spiro atoms. The summed E-state index contributed by atoms with van der Waals surface area (Å²) in [5.41, 5.74) is 7.31. The van der Waals surface area contributed by atoms with Gasteiger partial charge in [-0.2, -0.15) is 0 Å². The lowest BCUT2D eigenvalue weighted by molar-refractivity contribution is -0.0192. The van der Waals surface area contributed by atoms with Crippen LogP contribution in [0, 0.1) is 11.6 Å². The molecule has 10 heteroatoms. The van der Waals surface area contributed by atoms with E-state index in [1.54, 1.807) is 15.6 Å². The molecule has 1 fully saturated rings. The summed E-state index contributed by atoms with van der Waals surface area (Å²) in [4.78, 5) is 28.3. The molecule has 34 heavy (non-hydrogen) atoms. The van der Waals surface area contributed by atoms with Gasteiger partial charge in [0.25, 0.3) is 5.91 Å². The van der Waals surface area contributed by atoms with Crippen molar-refractivity contribution in [1.29, 1.82) is 0 Å². The van der Waals surface area contributed by atoms with Gasteiger partial charge in [0, 0.05) is 35.0 Å². The van der Waals surface area contributed by atoms with Crippen LogP contribution in [0.15, 0.2) is 58.4 Å². The molecule has 0 unspecified atom stereocenters. The zero-order valence-electron chi connectivity index (χ0n) is 17.9. The van der Waals surface area contributed by atoms with Gasteiger partial charge < -0.3 is 15.4 Å². The zero-order valence-corrected chi connectivity index (χ0v) is 18.7. The van der Waals surface area contributed by atoms with Crippen LogP contribution in [0.2, 0.25) is 0 Å². The van der Waals surface area contributed by atoms with E-state index in [1.165, 1.54) is 24.0 Å². The predicted molar refractivity (Wildman–Crippen MR) is 123 cm³/mol. The highest BCUT2D eigenvalue weighted by Crippen LogP contribution is 2.45. The van der Waals surface area contributed by atoms with Gasteiger partial charge >= 0.3 is 0 Å². The standard InChI is InChI=1S/C24H20F2N4O3S/c25-16-6-5-13-15(20(16)26)12-34-18-4-2-1-3-14(18)22(13)30-19-11-33-10-9-28(19)24(32)23-21(27)17(31)7-8-29(23)30/h1-8,19,22H,9-12,27H2/t19-,22+/m1/s1. The Kier molecular flexibility index (Phi) is 4.89. The molecule has 1 saturated heterocycles. The van der Waals surface area contributed by atoms with E-state index >= 15 is 4.39 Å². The molecule has 3 aliphatic rings. The molecule has 7 nitrogen and oxygen atoms in total. The van der Waals surface area contributed by atoms with Crippen molar-refractivity contribution in [3.05, 3.63) is 92.9 Å². The minimum Gasteiger partial charge on any atom is -0.394 e. The van der Waals surface area contributed by atoms with Gasteiger partial charge in [0.2, 0.25) is 5.43 Å². The molecule has 1 amide bonds. The van der Waals surface area contributed by atoms with Gasteiger partial charge in [-0.05, 0) is 23.3 Å². The maximum atomic E-state index is 15.1. The van der Waals surface area contributed by atoms with Crippen LogP contribution in [-0.2, 0) is 10.5 Å². The summed E-state index contributed by atoms with van der Waals surface area (Å²) in [5, 5.41) is 1.90. The molecule has 0 radical (unpaired) electrons. The number of hydrogen-bond donors (Lipinski definition) is 1. The number of amides is 1. The molecule has 3 aliphatic heterocycles. The molecular weight excluding hydrogens is 462 g/mol. The second-order valence-electron chi connectivity index (χ2n) is 8.38. The fraction of sp³-hybridized carbons (Fsp3) is 0.250. The van der Waals surface area contributed by atoms with Crippen LogP contribution in [-0.4, -0.2) is 41.4 Å². The number of nitrogens with two attached hydrogens (primary N) is 1. The largest absolute Gasteiger partial charge is 0.394 e. The van der Waals surface area contributed by atoms with Crippen molar-refractivity contribution in [1.82, 2.24) is 9.58 Å². The number of anilines is 1. The van der Waals surface area contributed by atoms with Gasteiger partial charge in [-0.1, -0.05) is 24.3 Å². The van der Waals surface area contributed by atoms with E-state index in [0.717, 1.165) is 16.5 Å². The van der Waals surface area contributed by atoms with Crippen LogP contribution < -0.4 is 16.2 Å². The van der Waals surface area contributed by atoms with Gasteiger partial charge in [-0.25, -0.2) is 8.78 Å². The van der Waals surface area contributed by atoms with E-state index in [1.807, 2.05) is 29.3 Å². The van der Waals surface area contributed by atoms with Crippen LogP contribution in [0.4, 0.5) is 14.5 Å². The summed E-state index contributed by atoms with van der Waals surface area (Å²) in [6.07, 6.45) is 0.968. The molecule has 3 aromatic rings. The highest BCUT2D eigenvalue weighted by Gasteiger charge is 2.45. The summed E-state index contributed by atoms with van der Waals surface area (Å²) in [7, 11) is 0. The second kappa shape index (κ2) is 7.85. The number of pyridine rings is 1. The molecule has 1 aromatic heterocycles. The lowest BCUT2D eigenvalue weighted by Gasteiger charge is -2.51. The number of halogens is 2. The third-order valence-corrected chi connectivity index (χ3v) is 7.73. The van der Waals surface area contributed by atoms with Crippen LogP contribution >= 0.6 is 11.8 Å². The summed E-state index contributed by atoms with van der Waals surface area (Å²) < 4.78 is 36.7. The minimum absolute atomic E-state index is 0.0594. The third-order valence-electron chi connectivity index (χ3n) is 6.61. The number of carbonyl (C=O) groups excluding carboxylic acids is 1. The summed E-state index contributed by atoms with van der Waals surface area (Å²) in [6.45, 7) is 0.874. The molecule has 2 N–H and O–H groups in total. The Balaban J connectivity index is 1.67. The van der Waals surface area contributed by atoms with Crippen molar-refractivity contribution in [3.63, 3.8) is 0 Å². The Morgan fingerprint density at radius 2 is 1.88 bits per heavy atom. The van der Waals surface area contributed by atoms with Crippen molar-refractivity contribution in [2.75, 3.05) is 30.5 Å². The number of nitrogen functional groups attached to an aromatic ring is 1. The molecule has 0 aliphatic carbocycles. The maximum absolute atomic E-state index is 15.1. The van der Waals surface area contributed by atoms with Gasteiger partial charge in [0.05, 0.1) is 19.3 Å². The SMILES string of the molecule is Nc1c2n(ccc1=O)N([C@@H]1c3ccccc3SCc3c1ccc(F)c3F)[C@@H]1COCCN1C2=O. The number of rotatable bonds is 1. The quantitative estimate of drug-likeness (QED) is 0.575. The van der Waals surface area contributed by atoms with Gasteiger partial charge in [0.1, 0.15) is 11.9 Å². The van der Waals surface area contributed by atoms with Crippen molar-refractivity contribution >= 4 is 23.4 Å². The number of ether oxygens (including phenoxy) is 1. The van der Waals surface area contributed by atoms with E-state index in [4.69, 9.17) is 10.5 Å². The molecule has 0 bridgehead atoms. The lowest BCUT2D eigenvalue weighted by Crippen LogP contribution is -2.66. The first-order valence-electron chi connectivity index (χ1n) is 10.8. The first-order chi connectivity index (χ1) is 16.5. The Bertz CT molecular complexity index is 1400. The molecule has 0 saturated carbocycles. The van der Waals surface area contributed by atoms with Crippen LogP contribution in [0.3, 0.4) is 0 Å². The Hall–Kier alpha value is -3.37. The number of benzene rings is 2. The first kappa shape index (κ1) is 21.2. The van der Waals surface area contributed by atoms with Crippen LogP contribution in [0.1, 0.15) is 33.2 Å². The number of nitrogens with zero attached hydrogens (tertiary/aromatic N) is 3. The van der Waals surface area contributed by atoms with Gasteiger partial charge in [-0.15, -0.1) is 11.8 Å². The Morgan fingerprint density at radius 3 is 2.74 bits per heavy atom. The van der Waals surface area contributed by atoms with Crippen molar-refractivity contribution in [2.45, 2.75) is 22.9 Å². The normalized spacial score (nSPS) is 21.3. The fourth-order valence-electron chi connectivity index (χ4n) is 5.02. The minimum atomic E-state index is -0.909. The van der Waals surface area contributed by atoms with E-state index < -0.39 is 29.3 Å². The highest BCUT2D eigenvalue weighted by molar-refractivity contribution is 7.98. The molecule has 174 valence electrons. The van der Waals surface area contributed by atoms with E-state index in [9.17, 15) is 14.0 Å². The summed E-state index contributed by atoms with van der Waals surface area (Å²) in [6, 6.07) is 11.1. The van der Waals surface area contributed by atoms with Gasteiger partial charge in [-0.3, -0.25) is 19.3 Å². The van der Waals surface area contributed by atoms with Crippen LogP contribution in [0.5, 0.6) is 0 Å². The number of morpholine rings is 1. The fourth-order valence-corrected chi connectivity index (χ4v) is 6.14. The summed E-state index contributed by atoms with van der Waals surface area (Å²) >= 11 is 1.43. The number of carbonyl (C=O) groups is 1. The predicted octanol–water partition coefficient (Wildman–Crippen LogP) is 2.85. The summed E-state index contributed by atoms with van der Waals surface area (Å²) in [5.74, 6) is -1.90. The molecular formula is C24H20F2N4O3S. The lowest BCUT2D eigenvalue weighted by atomic mass is 9.93. The first-order valence-corrected chi connectivity index (χ1v) is 11.8. The number of aromatic nitrogens is 1. The number of fused-ring (bicyclic) bond motifs is 4. The van der Waals surface area contributed by atoms with Gasteiger partial charge in [0.15, 0.2) is 17.3 Å². The highest BCUT2D eigenvalue weighted by atomic mass is 32.2. The van der Waals surface area contributed by atoms with Crippen LogP contribution in [0.25, 0.3) is 0 Å². The van der Waals surface area contributed by atoms with Crippen molar-refractivity contribution in [3.8, 4) is 0 Å². The Morgan fingerprint density at radius 1 is 1.06 bits per heavy atom. The van der Waals surface area contributed by atoms with E-state index in [2.05, 4.69) is 0 Å². The monoisotopic (exact) mass is 482 g/mol. The smallest absolute Gasteiger partial charge is 0.276 e. The number of hydrogen-bond acceptors (Lipinski definition) is 6. The third kappa shape index (κ3) is 2.98. The zero-order chi connectivity index (χ0) is 23.6. The van der Waals surface area contributed by atoms with E-state index in [-0.39, 0.29) is 35.2 Å². The molecule has 4 heterocycles. The average molecular weight is 483 g/mol. The maximum Gasteiger partial charge on any atom is 0.276 e. The average Bonchev–Trinajstić information content (AvgIpc) is 3.01. The number of thioether (sulfide) groups is 1. The van der Waals surface area contributed by atoms with Crippen molar-refractivity contribution < 1.29 is 18.3 Å². The molecule has 2 atom stereocenters. The van der Waals surface area contributed by atoms with E-state index in [0.29, 0.717) is 18.7 Å². The molecule has 2 aromatic carbocycles. The second-order valence-corrected chi connectivity index (χ2v) is 9.40.